The van der Waals surface area contributed by atoms with Crippen molar-refractivity contribution < 1.29 is 9.53 Å². The number of rotatable bonds is 2. The summed E-state index contributed by atoms with van der Waals surface area (Å²) in [5.41, 5.74) is 5.78. The minimum absolute atomic E-state index is 0.477. The van der Waals surface area contributed by atoms with Crippen molar-refractivity contribution >= 4 is 55.3 Å². The summed E-state index contributed by atoms with van der Waals surface area (Å²) >= 11 is 3.58. The molecule has 1 aromatic heterocycles. The minimum atomic E-state index is -0.618. The second-order valence-electron chi connectivity index (χ2n) is 2.94. The third kappa shape index (κ3) is 2.05. The second kappa shape index (κ2) is 4.42. The molecular weight excluding hydrogens is 341 g/mol. The van der Waals surface area contributed by atoms with Gasteiger partial charge in [0.2, 0.25) is 0 Å². The van der Waals surface area contributed by atoms with Crippen LogP contribution in [0.1, 0.15) is 0 Å². The van der Waals surface area contributed by atoms with Crippen LogP contribution < -0.4 is 15.8 Å². The average Bonchev–Trinajstić information content (AvgIpc) is 2.62. The van der Waals surface area contributed by atoms with Gasteiger partial charge in [-0.05, 0) is 34.7 Å². The monoisotopic (exact) mass is 349 g/mol. The van der Waals surface area contributed by atoms with Gasteiger partial charge < -0.3 is 10.5 Å². The molecule has 0 unspecified atom stereocenters. The highest BCUT2D eigenvalue weighted by molar-refractivity contribution is 14.1. The Bertz CT molecular complexity index is 555. The molecule has 0 aliphatic heterocycles. The number of aromatic nitrogens is 1. The Morgan fingerprint density at radius 1 is 1.62 bits per heavy atom. The number of thiazole rings is 1. The van der Waals surface area contributed by atoms with Gasteiger partial charge in [0.1, 0.15) is 11.3 Å². The fraction of sp³-hybridized carbons (Fsp3) is 0.111. The first kappa shape index (κ1) is 11.4. The number of halogens is 1. The summed E-state index contributed by atoms with van der Waals surface area (Å²) in [4.78, 5) is 15.0. The molecule has 0 fully saturated rings. The maximum Gasteiger partial charge on any atom is 0.318 e. The van der Waals surface area contributed by atoms with Crippen LogP contribution in [-0.4, -0.2) is 18.1 Å². The SMILES string of the molecule is COc1ccc(I)c2sc(NC(N)=O)nc12. The summed E-state index contributed by atoms with van der Waals surface area (Å²) in [7, 11) is 1.59. The van der Waals surface area contributed by atoms with Crippen LogP contribution >= 0.6 is 33.9 Å². The van der Waals surface area contributed by atoms with E-state index in [4.69, 9.17) is 10.5 Å². The van der Waals surface area contributed by atoms with Gasteiger partial charge in [-0.3, -0.25) is 5.32 Å². The van der Waals surface area contributed by atoms with Crippen molar-refractivity contribution in [2.24, 2.45) is 5.73 Å². The molecule has 0 saturated carbocycles. The third-order valence-electron chi connectivity index (χ3n) is 1.91. The van der Waals surface area contributed by atoms with Crippen molar-refractivity contribution in [2.45, 2.75) is 0 Å². The average molecular weight is 349 g/mol. The Morgan fingerprint density at radius 3 is 3.00 bits per heavy atom. The summed E-state index contributed by atoms with van der Waals surface area (Å²) in [5, 5.41) is 2.94. The topological polar surface area (TPSA) is 77.2 Å². The normalized spacial score (nSPS) is 10.4. The van der Waals surface area contributed by atoms with Crippen LogP contribution in [0.3, 0.4) is 0 Å². The lowest BCUT2D eigenvalue weighted by Gasteiger charge is -2.00. The van der Waals surface area contributed by atoms with Crippen LogP contribution in [0.2, 0.25) is 0 Å². The lowest BCUT2D eigenvalue weighted by molar-refractivity contribution is 0.259. The molecule has 0 bridgehead atoms. The van der Waals surface area contributed by atoms with E-state index in [9.17, 15) is 4.79 Å². The number of methoxy groups -OCH3 is 1. The number of nitrogens with zero attached hydrogens (tertiary/aromatic N) is 1. The molecule has 7 heteroatoms. The summed E-state index contributed by atoms with van der Waals surface area (Å²) in [6.45, 7) is 0. The van der Waals surface area contributed by atoms with E-state index < -0.39 is 6.03 Å². The number of hydrogen-bond acceptors (Lipinski definition) is 4. The molecule has 16 heavy (non-hydrogen) atoms. The van der Waals surface area contributed by atoms with Crippen molar-refractivity contribution in [1.82, 2.24) is 4.98 Å². The second-order valence-corrected chi connectivity index (χ2v) is 5.10. The largest absolute Gasteiger partial charge is 0.494 e. The number of fused-ring (bicyclic) bond motifs is 1. The highest BCUT2D eigenvalue weighted by atomic mass is 127. The predicted molar refractivity (Wildman–Crippen MR) is 72.1 cm³/mol. The van der Waals surface area contributed by atoms with Crippen LogP contribution in [0.5, 0.6) is 5.75 Å². The summed E-state index contributed by atoms with van der Waals surface area (Å²) < 4.78 is 7.23. The summed E-state index contributed by atoms with van der Waals surface area (Å²) in [5.74, 6) is 0.684. The molecule has 2 rings (SSSR count). The van der Waals surface area contributed by atoms with E-state index in [1.807, 2.05) is 12.1 Å². The van der Waals surface area contributed by atoms with Gasteiger partial charge in [0.15, 0.2) is 5.13 Å². The van der Waals surface area contributed by atoms with E-state index in [1.54, 1.807) is 7.11 Å². The first-order valence-corrected chi connectivity index (χ1v) is 6.21. The molecule has 84 valence electrons. The number of amides is 2. The van der Waals surface area contributed by atoms with Gasteiger partial charge in [-0.25, -0.2) is 9.78 Å². The molecule has 0 aliphatic carbocycles. The zero-order valence-electron chi connectivity index (χ0n) is 8.28. The molecule has 2 aromatic rings. The van der Waals surface area contributed by atoms with Crippen LogP contribution in [0.4, 0.5) is 9.93 Å². The Morgan fingerprint density at radius 2 is 2.38 bits per heavy atom. The van der Waals surface area contributed by atoms with Gasteiger partial charge in [-0.15, -0.1) is 0 Å². The zero-order valence-corrected chi connectivity index (χ0v) is 11.3. The Kier molecular flexibility index (Phi) is 3.15. The number of hydrogen-bond donors (Lipinski definition) is 2. The molecule has 0 radical (unpaired) electrons. The quantitative estimate of drug-likeness (QED) is 0.818. The van der Waals surface area contributed by atoms with Crippen molar-refractivity contribution in [1.29, 1.82) is 0 Å². The maximum atomic E-state index is 10.7. The van der Waals surface area contributed by atoms with E-state index in [2.05, 4.69) is 32.9 Å². The molecule has 5 nitrogen and oxygen atoms in total. The van der Waals surface area contributed by atoms with Gasteiger partial charge in [-0.1, -0.05) is 11.3 Å². The fourth-order valence-electron chi connectivity index (χ4n) is 1.28. The predicted octanol–water partition coefficient (Wildman–Crippen LogP) is 2.40. The smallest absolute Gasteiger partial charge is 0.318 e. The number of anilines is 1. The van der Waals surface area contributed by atoms with E-state index in [0.717, 1.165) is 13.8 Å². The molecule has 2 amide bonds. The van der Waals surface area contributed by atoms with Crippen LogP contribution in [0.25, 0.3) is 10.2 Å². The van der Waals surface area contributed by atoms with E-state index in [1.165, 1.54) is 11.3 Å². The van der Waals surface area contributed by atoms with E-state index >= 15 is 0 Å². The summed E-state index contributed by atoms with van der Waals surface area (Å²) in [6, 6.07) is 3.17. The third-order valence-corrected chi connectivity index (χ3v) is 4.18. The number of nitrogens with one attached hydrogen (secondary N) is 1. The lowest BCUT2D eigenvalue weighted by Crippen LogP contribution is -2.18. The minimum Gasteiger partial charge on any atom is -0.494 e. The lowest BCUT2D eigenvalue weighted by atomic mass is 10.3. The molecule has 1 heterocycles. The van der Waals surface area contributed by atoms with Gasteiger partial charge in [0.05, 0.1) is 11.8 Å². The molecule has 0 spiro atoms. The number of urea groups is 1. The first-order valence-electron chi connectivity index (χ1n) is 4.31. The zero-order chi connectivity index (χ0) is 11.7. The fourth-order valence-corrected chi connectivity index (χ4v) is 2.93. The van der Waals surface area contributed by atoms with Gasteiger partial charge in [0, 0.05) is 3.57 Å². The van der Waals surface area contributed by atoms with E-state index in [0.29, 0.717) is 10.9 Å². The van der Waals surface area contributed by atoms with Crippen LogP contribution in [0, 0.1) is 3.57 Å². The number of benzene rings is 1. The summed E-state index contributed by atoms with van der Waals surface area (Å²) in [6.07, 6.45) is 0. The Balaban J connectivity index is 2.58. The van der Waals surface area contributed by atoms with Crippen molar-refractivity contribution in [3.05, 3.63) is 15.7 Å². The van der Waals surface area contributed by atoms with Crippen LogP contribution in [-0.2, 0) is 0 Å². The highest BCUT2D eigenvalue weighted by Crippen LogP contribution is 2.35. The standard InChI is InChI=1S/C9H8IN3O2S/c1-15-5-3-2-4(10)7-6(5)12-9(16-7)13-8(11)14/h2-3H,1H3,(H3,11,12,13,14). The molecular formula is C9H8IN3O2S. The van der Waals surface area contributed by atoms with E-state index in [-0.39, 0.29) is 0 Å². The maximum absolute atomic E-state index is 10.7. The number of carbonyl (C=O) groups is 1. The van der Waals surface area contributed by atoms with Crippen molar-refractivity contribution in [2.75, 3.05) is 12.4 Å². The molecule has 1 aromatic carbocycles. The first-order chi connectivity index (χ1) is 7.61. The Labute approximate surface area is 109 Å². The Hall–Kier alpha value is -1.09. The number of primary amides is 1. The number of carbonyl (C=O) groups excluding carboxylic acids is 1. The molecule has 0 aliphatic rings. The number of nitrogens with two attached hydrogens (primary N) is 1. The molecule has 0 saturated heterocycles. The number of ether oxygens (including phenoxy) is 1. The van der Waals surface area contributed by atoms with Crippen molar-refractivity contribution in [3.8, 4) is 5.75 Å². The van der Waals surface area contributed by atoms with Gasteiger partial charge in [0.25, 0.3) is 0 Å². The van der Waals surface area contributed by atoms with Crippen molar-refractivity contribution in [3.63, 3.8) is 0 Å². The highest BCUT2D eigenvalue weighted by Gasteiger charge is 2.12. The molecule has 3 N–H and O–H groups in total. The molecule has 0 atom stereocenters. The van der Waals surface area contributed by atoms with Crippen LogP contribution in [0.15, 0.2) is 12.1 Å². The van der Waals surface area contributed by atoms with Gasteiger partial charge >= 0.3 is 6.03 Å². The van der Waals surface area contributed by atoms with Gasteiger partial charge in [-0.2, -0.15) is 0 Å².